The summed E-state index contributed by atoms with van der Waals surface area (Å²) >= 11 is 6.00. The Morgan fingerprint density at radius 2 is 2.25 bits per heavy atom. The van der Waals surface area contributed by atoms with Gasteiger partial charge in [-0.2, -0.15) is 12.6 Å². The van der Waals surface area contributed by atoms with Crippen molar-refractivity contribution in [3.63, 3.8) is 0 Å². The molecule has 0 aliphatic rings. The molecule has 0 saturated heterocycles. The molecule has 16 heavy (non-hydrogen) atoms. The highest BCUT2D eigenvalue weighted by atomic mass is 32.1. The van der Waals surface area contributed by atoms with Gasteiger partial charge in [0.25, 0.3) is 0 Å². The Balaban J connectivity index is 2.61. The van der Waals surface area contributed by atoms with Gasteiger partial charge >= 0.3 is 0 Å². The molecular formula is C12H19NOS2. The van der Waals surface area contributed by atoms with Crippen LogP contribution in [0.4, 0.5) is 0 Å². The third-order valence-electron chi connectivity index (χ3n) is 2.51. The quantitative estimate of drug-likeness (QED) is 0.779. The van der Waals surface area contributed by atoms with Gasteiger partial charge in [-0.25, -0.2) is 0 Å². The Morgan fingerprint density at radius 1 is 1.56 bits per heavy atom. The Bertz CT molecular complexity index is 322. The molecule has 0 aliphatic heterocycles. The van der Waals surface area contributed by atoms with Gasteiger partial charge in [0.05, 0.1) is 11.3 Å². The molecular weight excluding hydrogens is 238 g/mol. The first kappa shape index (κ1) is 13.6. The van der Waals surface area contributed by atoms with Crippen LogP contribution < -0.4 is 5.32 Å². The molecule has 1 N–H and O–H groups in total. The van der Waals surface area contributed by atoms with Gasteiger partial charge in [-0.3, -0.25) is 4.79 Å². The lowest BCUT2D eigenvalue weighted by molar-refractivity contribution is -0.121. The molecule has 4 heteroatoms. The van der Waals surface area contributed by atoms with Crippen LogP contribution in [0.1, 0.15) is 38.1 Å². The average molecular weight is 257 g/mol. The minimum atomic E-state index is -0.228. The number of amides is 1. The molecule has 1 aromatic rings. The summed E-state index contributed by atoms with van der Waals surface area (Å²) in [6.07, 6.45) is 0.908. The third kappa shape index (κ3) is 3.52. The van der Waals surface area contributed by atoms with Crippen LogP contribution in [0, 0.1) is 5.92 Å². The van der Waals surface area contributed by atoms with E-state index in [4.69, 9.17) is 0 Å². The van der Waals surface area contributed by atoms with Crippen molar-refractivity contribution in [2.24, 2.45) is 5.92 Å². The smallest absolute Gasteiger partial charge is 0.233 e. The molecule has 0 aromatic carbocycles. The van der Waals surface area contributed by atoms with Crippen molar-refractivity contribution in [3.8, 4) is 0 Å². The fourth-order valence-corrected chi connectivity index (χ4v) is 2.36. The van der Waals surface area contributed by atoms with Crippen LogP contribution in [0.5, 0.6) is 0 Å². The number of carbonyl (C=O) groups excluding carboxylic acids is 1. The predicted octanol–water partition coefficient (Wildman–Crippen LogP) is 3.27. The number of hydrogen-bond donors (Lipinski definition) is 2. The molecule has 90 valence electrons. The summed E-state index contributed by atoms with van der Waals surface area (Å²) in [7, 11) is 0. The van der Waals surface area contributed by atoms with E-state index in [1.54, 1.807) is 11.3 Å². The van der Waals surface area contributed by atoms with Crippen molar-refractivity contribution >= 4 is 29.9 Å². The van der Waals surface area contributed by atoms with E-state index in [0.29, 0.717) is 0 Å². The van der Waals surface area contributed by atoms with E-state index < -0.39 is 0 Å². The first-order valence-corrected chi connectivity index (χ1v) is 6.97. The standard InChI is InChI=1S/C12H19NOS2/c1-4-9(10-6-5-7-16-10)13-12(14)11(15)8(2)3/h5-9,11,15H,4H2,1-3H3,(H,13,14). The summed E-state index contributed by atoms with van der Waals surface area (Å²) in [6, 6.07) is 4.19. The Hall–Kier alpha value is -0.480. The maximum atomic E-state index is 11.9. The van der Waals surface area contributed by atoms with Crippen molar-refractivity contribution in [2.75, 3.05) is 0 Å². The highest BCUT2D eigenvalue weighted by molar-refractivity contribution is 7.81. The van der Waals surface area contributed by atoms with Crippen molar-refractivity contribution < 1.29 is 4.79 Å². The largest absolute Gasteiger partial charge is 0.348 e. The second-order valence-corrected chi connectivity index (χ2v) is 5.71. The number of rotatable bonds is 5. The average Bonchev–Trinajstić information content (AvgIpc) is 2.77. The Kier molecular flexibility index (Phi) is 5.35. The zero-order valence-electron chi connectivity index (χ0n) is 9.93. The normalized spacial score (nSPS) is 14.8. The highest BCUT2D eigenvalue weighted by Gasteiger charge is 2.21. The second-order valence-electron chi connectivity index (χ2n) is 4.17. The van der Waals surface area contributed by atoms with Gasteiger partial charge < -0.3 is 5.32 Å². The molecule has 0 spiro atoms. The zero-order chi connectivity index (χ0) is 12.1. The fraction of sp³-hybridized carbons (Fsp3) is 0.583. The molecule has 0 radical (unpaired) electrons. The monoisotopic (exact) mass is 257 g/mol. The van der Waals surface area contributed by atoms with E-state index >= 15 is 0 Å². The van der Waals surface area contributed by atoms with Gasteiger partial charge in [0, 0.05) is 4.88 Å². The number of thiophene rings is 1. The van der Waals surface area contributed by atoms with Crippen LogP contribution in [0.2, 0.25) is 0 Å². The Morgan fingerprint density at radius 3 is 2.69 bits per heavy atom. The maximum Gasteiger partial charge on any atom is 0.233 e. The zero-order valence-corrected chi connectivity index (χ0v) is 11.6. The van der Waals surface area contributed by atoms with E-state index in [1.165, 1.54) is 4.88 Å². The highest BCUT2D eigenvalue weighted by Crippen LogP contribution is 2.22. The van der Waals surface area contributed by atoms with Gasteiger partial charge in [-0.1, -0.05) is 26.8 Å². The molecule has 0 bridgehead atoms. The van der Waals surface area contributed by atoms with Gasteiger partial charge in [0.15, 0.2) is 0 Å². The maximum absolute atomic E-state index is 11.9. The minimum Gasteiger partial charge on any atom is -0.348 e. The number of carbonyl (C=O) groups is 1. The van der Waals surface area contributed by atoms with E-state index in [2.05, 4.69) is 30.9 Å². The van der Waals surface area contributed by atoms with Crippen LogP contribution in [0.25, 0.3) is 0 Å². The van der Waals surface area contributed by atoms with Crippen LogP contribution in [0.3, 0.4) is 0 Å². The van der Waals surface area contributed by atoms with Crippen LogP contribution in [0.15, 0.2) is 17.5 Å². The summed E-state index contributed by atoms with van der Waals surface area (Å²) in [4.78, 5) is 13.1. The van der Waals surface area contributed by atoms with Crippen LogP contribution in [-0.2, 0) is 4.79 Å². The molecule has 2 atom stereocenters. The number of nitrogens with one attached hydrogen (secondary N) is 1. The van der Waals surface area contributed by atoms with E-state index in [0.717, 1.165) is 6.42 Å². The Labute approximate surface area is 107 Å². The molecule has 1 amide bonds. The van der Waals surface area contributed by atoms with Crippen molar-refractivity contribution in [2.45, 2.75) is 38.5 Å². The van der Waals surface area contributed by atoms with Gasteiger partial charge in [-0.05, 0) is 23.8 Å². The lowest BCUT2D eigenvalue weighted by atomic mass is 10.1. The second kappa shape index (κ2) is 6.30. The lowest BCUT2D eigenvalue weighted by Gasteiger charge is -2.20. The van der Waals surface area contributed by atoms with Crippen LogP contribution in [-0.4, -0.2) is 11.2 Å². The fourth-order valence-electron chi connectivity index (χ4n) is 1.42. The van der Waals surface area contributed by atoms with Crippen molar-refractivity contribution in [1.82, 2.24) is 5.32 Å². The first-order chi connectivity index (χ1) is 7.56. The van der Waals surface area contributed by atoms with Crippen LogP contribution >= 0.6 is 24.0 Å². The lowest BCUT2D eigenvalue weighted by Crippen LogP contribution is -2.36. The predicted molar refractivity (Wildman–Crippen MR) is 73.1 cm³/mol. The molecule has 0 saturated carbocycles. The molecule has 1 heterocycles. The van der Waals surface area contributed by atoms with Gasteiger partial charge in [0.1, 0.15) is 0 Å². The molecule has 1 aromatic heterocycles. The molecule has 2 unspecified atom stereocenters. The first-order valence-electron chi connectivity index (χ1n) is 5.58. The minimum absolute atomic E-state index is 0.0265. The molecule has 0 fully saturated rings. The number of thiol groups is 1. The summed E-state index contributed by atoms with van der Waals surface area (Å²) in [6.45, 7) is 6.08. The summed E-state index contributed by atoms with van der Waals surface area (Å²) in [5.41, 5.74) is 0. The molecule has 0 aliphatic carbocycles. The summed E-state index contributed by atoms with van der Waals surface area (Å²) in [5.74, 6) is 0.280. The summed E-state index contributed by atoms with van der Waals surface area (Å²) in [5, 5.41) is 4.85. The molecule has 1 rings (SSSR count). The van der Waals surface area contributed by atoms with Crippen molar-refractivity contribution in [1.29, 1.82) is 0 Å². The van der Waals surface area contributed by atoms with Gasteiger partial charge in [0.2, 0.25) is 5.91 Å². The van der Waals surface area contributed by atoms with E-state index in [9.17, 15) is 4.79 Å². The summed E-state index contributed by atoms with van der Waals surface area (Å²) < 4.78 is 0. The molecule has 2 nitrogen and oxygen atoms in total. The van der Waals surface area contributed by atoms with Crippen molar-refractivity contribution in [3.05, 3.63) is 22.4 Å². The SMILES string of the molecule is CCC(NC(=O)C(S)C(C)C)c1cccs1. The number of hydrogen-bond acceptors (Lipinski definition) is 3. The van der Waals surface area contributed by atoms with Gasteiger partial charge in [-0.15, -0.1) is 11.3 Å². The topological polar surface area (TPSA) is 29.1 Å². The third-order valence-corrected chi connectivity index (χ3v) is 4.33. The van der Waals surface area contributed by atoms with E-state index in [-0.39, 0.29) is 23.1 Å². The van der Waals surface area contributed by atoms with E-state index in [1.807, 2.05) is 25.3 Å².